The number of nitrogens with one attached hydrogen (secondary N) is 3. The molecule has 0 fully saturated rings. The monoisotopic (exact) mass is 372 g/mol. The number of aromatic nitrogens is 2. The van der Waals surface area contributed by atoms with E-state index in [1.54, 1.807) is 11.3 Å². The van der Waals surface area contributed by atoms with Crippen LogP contribution in [0.2, 0.25) is 0 Å². The van der Waals surface area contributed by atoms with Crippen molar-refractivity contribution in [1.82, 2.24) is 20.6 Å². The number of hydrogen-bond donors (Lipinski definition) is 3. The molecule has 0 aromatic carbocycles. The second-order valence-electron chi connectivity index (χ2n) is 4.89. The largest absolute Gasteiger partial charge is 0.433 e. The molecule has 2 aromatic heterocycles. The predicted molar refractivity (Wildman–Crippen MR) is 92.7 cm³/mol. The van der Waals surface area contributed by atoms with E-state index in [-0.39, 0.29) is 5.95 Å². The first-order chi connectivity index (χ1) is 12.0. The lowest BCUT2D eigenvalue weighted by Crippen LogP contribution is -2.39. The lowest BCUT2D eigenvalue weighted by molar-refractivity contribution is -0.141. The topological polar surface area (TPSA) is 74.2 Å². The summed E-state index contributed by atoms with van der Waals surface area (Å²) in [6, 6.07) is 4.81. The summed E-state index contributed by atoms with van der Waals surface area (Å²) in [4.78, 5) is 12.8. The highest BCUT2D eigenvalue weighted by molar-refractivity contribution is 7.09. The van der Waals surface area contributed by atoms with E-state index in [2.05, 4.69) is 30.9 Å². The van der Waals surface area contributed by atoms with Crippen molar-refractivity contribution in [3.05, 3.63) is 40.3 Å². The second kappa shape index (κ2) is 9.21. The third-order valence-electron chi connectivity index (χ3n) is 2.96. The van der Waals surface area contributed by atoms with E-state index < -0.39 is 11.9 Å². The Morgan fingerprint density at radius 3 is 2.76 bits per heavy atom. The fourth-order valence-electron chi connectivity index (χ4n) is 1.86. The summed E-state index contributed by atoms with van der Waals surface area (Å²) in [7, 11) is 0. The van der Waals surface area contributed by atoms with E-state index in [4.69, 9.17) is 0 Å². The number of hydrogen-bond acceptors (Lipinski definition) is 5. The van der Waals surface area contributed by atoms with Crippen LogP contribution in [0.5, 0.6) is 0 Å². The van der Waals surface area contributed by atoms with Crippen LogP contribution in [0.1, 0.15) is 17.5 Å². The maximum atomic E-state index is 12.6. The minimum absolute atomic E-state index is 0.0582. The van der Waals surface area contributed by atoms with Gasteiger partial charge in [-0.1, -0.05) is 6.07 Å². The van der Waals surface area contributed by atoms with Crippen molar-refractivity contribution in [1.29, 1.82) is 0 Å². The van der Waals surface area contributed by atoms with Crippen molar-refractivity contribution in [3.63, 3.8) is 0 Å². The molecule has 0 atom stereocenters. The van der Waals surface area contributed by atoms with Crippen molar-refractivity contribution in [3.8, 4) is 0 Å². The summed E-state index contributed by atoms with van der Waals surface area (Å²) in [6.07, 6.45) is -3.40. The van der Waals surface area contributed by atoms with Crippen molar-refractivity contribution in [2.75, 3.05) is 25.0 Å². The molecule has 3 N–H and O–H groups in total. The van der Waals surface area contributed by atoms with E-state index >= 15 is 0 Å². The van der Waals surface area contributed by atoms with E-state index in [1.165, 1.54) is 0 Å². The Balaban J connectivity index is 1.81. The van der Waals surface area contributed by atoms with Gasteiger partial charge in [-0.05, 0) is 24.4 Å². The van der Waals surface area contributed by atoms with Crippen LogP contribution in [0.15, 0.2) is 34.8 Å². The quantitative estimate of drug-likeness (QED) is 0.396. The first kappa shape index (κ1) is 19.0. The molecule has 2 aromatic rings. The van der Waals surface area contributed by atoms with Gasteiger partial charge in [0.05, 0.1) is 6.54 Å². The minimum atomic E-state index is -4.48. The predicted octanol–water partition coefficient (Wildman–Crippen LogP) is 2.72. The summed E-state index contributed by atoms with van der Waals surface area (Å²) in [5.74, 6) is 0.583. The molecule has 6 nitrogen and oxygen atoms in total. The van der Waals surface area contributed by atoms with Gasteiger partial charge in [-0.2, -0.15) is 13.2 Å². The van der Waals surface area contributed by atoms with E-state index in [0.29, 0.717) is 32.1 Å². The van der Waals surface area contributed by atoms with Crippen LogP contribution < -0.4 is 16.0 Å². The number of thiophene rings is 1. The maximum Gasteiger partial charge on any atom is 0.433 e. The Hall–Kier alpha value is -2.36. The van der Waals surface area contributed by atoms with Gasteiger partial charge in [0.15, 0.2) is 5.96 Å². The summed E-state index contributed by atoms with van der Waals surface area (Å²) in [6.45, 7) is 4.04. The molecule has 0 bridgehead atoms. The molecule has 0 spiro atoms. The standard InChI is InChI=1S/C15H19F3N6S/c1-2-19-13(23-10-11-4-3-9-25-11)21-7-8-22-14-20-6-5-12(24-14)15(16,17)18/h3-6,9H,2,7-8,10H2,1H3,(H2,19,21,23)(H,20,22,24). The summed E-state index contributed by atoms with van der Waals surface area (Å²) in [5, 5.41) is 11.0. The van der Waals surface area contributed by atoms with Gasteiger partial charge in [0, 0.05) is 30.7 Å². The van der Waals surface area contributed by atoms with Gasteiger partial charge in [0.25, 0.3) is 0 Å². The number of guanidine groups is 1. The Labute approximate surface area is 147 Å². The van der Waals surface area contributed by atoms with Gasteiger partial charge in [-0.3, -0.25) is 0 Å². The molecule has 0 aliphatic carbocycles. The number of nitrogens with zero attached hydrogens (tertiary/aromatic N) is 3. The molecule has 0 unspecified atom stereocenters. The van der Waals surface area contributed by atoms with E-state index in [9.17, 15) is 13.2 Å². The molecule has 0 saturated heterocycles. The summed E-state index contributed by atoms with van der Waals surface area (Å²) < 4.78 is 37.8. The number of aliphatic imine (C=N–C) groups is 1. The third-order valence-corrected chi connectivity index (χ3v) is 3.83. The average molecular weight is 372 g/mol. The molecule has 136 valence electrons. The van der Waals surface area contributed by atoms with Crippen LogP contribution in [-0.2, 0) is 12.7 Å². The lowest BCUT2D eigenvalue weighted by Gasteiger charge is -2.12. The zero-order chi connectivity index (χ0) is 18.1. The smallest absolute Gasteiger partial charge is 0.357 e. The lowest BCUT2D eigenvalue weighted by atomic mass is 10.4. The highest BCUT2D eigenvalue weighted by Gasteiger charge is 2.32. The van der Waals surface area contributed by atoms with Crippen LogP contribution in [0.4, 0.5) is 19.1 Å². The minimum Gasteiger partial charge on any atom is -0.357 e. The van der Waals surface area contributed by atoms with E-state index in [1.807, 2.05) is 24.4 Å². The molecule has 25 heavy (non-hydrogen) atoms. The van der Waals surface area contributed by atoms with Crippen molar-refractivity contribution < 1.29 is 13.2 Å². The van der Waals surface area contributed by atoms with Gasteiger partial charge >= 0.3 is 6.18 Å². The fraction of sp³-hybridized carbons (Fsp3) is 0.400. The van der Waals surface area contributed by atoms with Crippen LogP contribution in [0.3, 0.4) is 0 Å². The number of alkyl halides is 3. The second-order valence-corrected chi connectivity index (χ2v) is 5.92. The Kier molecular flexibility index (Phi) is 6.99. The van der Waals surface area contributed by atoms with Gasteiger partial charge in [-0.15, -0.1) is 11.3 Å². The molecular formula is C15H19F3N6S. The van der Waals surface area contributed by atoms with Crippen LogP contribution in [-0.4, -0.2) is 35.6 Å². The molecule has 0 radical (unpaired) electrons. The fourth-order valence-corrected chi connectivity index (χ4v) is 2.49. The summed E-state index contributed by atoms with van der Waals surface area (Å²) in [5.41, 5.74) is -0.969. The molecule has 2 heterocycles. The molecule has 0 amide bonds. The van der Waals surface area contributed by atoms with Crippen molar-refractivity contribution in [2.24, 2.45) is 4.99 Å². The zero-order valence-corrected chi connectivity index (χ0v) is 14.4. The Morgan fingerprint density at radius 2 is 2.08 bits per heavy atom. The molecule has 10 heteroatoms. The molecule has 0 saturated carbocycles. The summed E-state index contributed by atoms with van der Waals surface area (Å²) >= 11 is 1.63. The molecule has 2 rings (SSSR count). The molecule has 0 aliphatic rings. The zero-order valence-electron chi connectivity index (χ0n) is 13.6. The van der Waals surface area contributed by atoms with Crippen LogP contribution >= 0.6 is 11.3 Å². The Bertz CT molecular complexity index is 672. The van der Waals surface area contributed by atoms with Gasteiger partial charge in [-0.25, -0.2) is 15.0 Å². The van der Waals surface area contributed by atoms with E-state index in [0.717, 1.165) is 17.1 Å². The van der Waals surface area contributed by atoms with Gasteiger partial charge < -0.3 is 16.0 Å². The van der Waals surface area contributed by atoms with Gasteiger partial charge in [0.2, 0.25) is 5.95 Å². The number of anilines is 1. The third kappa shape index (κ3) is 6.57. The van der Waals surface area contributed by atoms with Crippen LogP contribution in [0, 0.1) is 0 Å². The van der Waals surface area contributed by atoms with Gasteiger partial charge in [0.1, 0.15) is 5.69 Å². The SMILES string of the molecule is CCNC(=NCc1cccs1)NCCNc1nccc(C(F)(F)F)n1. The first-order valence-electron chi connectivity index (χ1n) is 7.67. The average Bonchev–Trinajstić information content (AvgIpc) is 3.09. The maximum absolute atomic E-state index is 12.6. The Morgan fingerprint density at radius 1 is 1.24 bits per heavy atom. The van der Waals surface area contributed by atoms with Crippen molar-refractivity contribution >= 4 is 23.2 Å². The molecule has 0 aliphatic heterocycles. The first-order valence-corrected chi connectivity index (χ1v) is 8.55. The van der Waals surface area contributed by atoms with Crippen molar-refractivity contribution in [2.45, 2.75) is 19.6 Å². The highest BCUT2D eigenvalue weighted by atomic mass is 32.1. The number of rotatable bonds is 7. The highest BCUT2D eigenvalue weighted by Crippen LogP contribution is 2.27. The number of halogens is 3. The van der Waals surface area contributed by atoms with Crippen LogP contribution in [0.25, 0.3) is 0 Å². The molecular weight excluding hydrogens is 353 g/mol. The normalized spacial score (nSPS) is 12.1.